The van der Waals surface area contributed by atoms with Gasteiger partial charge in [-0.05, 0) is 55.3 Å². The number of nitrogens with one attached hydrogen (secondary N) is 1. The number of carboxylic acids is 3. The molecule has 198 valence electrons. The highest BCUT2D eigenvalue weighted by atomic mass is 19.4. The van der Waals surface area contributed by atoms with Crippen LogP contribution in [0, 0.1) is 5.92 Å². The summed E-state index contributed by atoms with van der Waals surface area (Å²) in [6.07, 6.45) is -4.77. The van der Waals surface area contributed by atoms with Gasteiger partial charge in [-0.3, -0.25) is 9.59 Å². The van der Waals surface area contributed by atoms with Crippen LogP contribution in [-0.2, 0) is 15.8 Å². The van der Waals surface area contributed by atoms with Gasteiger partial charge in [-0.1, -0.05) is 0 Å². The van der Waals surface area contributed by atoms with E-state index in [1.807, 2.05) is 0 Å². The van der Waals surface area contributed by atoms with Crippen molar-refractivity contribution in [3.63, 3.8) is 0 Å². The zero-order valence-corrected chi connectivity index (χ0v) is 19.3. The van der Waals surface area contributed by atoms with E-state index in [4.69, 9.17) is 0 Å². The highest BCUT2D eigenvalue weighted by Crippen LogP contribution is 2.32. The summed E-state index contributed by atoms with van der Waals surface area (Å²) >= 11 is 0. The molecule has 2 unspecified atom stereocenters. The topological polar surface area (TPSA) is 170 Å². The monoisotopic (exact) mass is 532 g/mol. The van der Waals surface area contributed by atoms with Gasteiger partial charge in [0.2, 0.25) is 0 Å². The molecule has 1 fully saturated rings. The highest BCUT2D eigenvalue weighted by Gasteiger charge is 2.39. The zero-order valence-electron chi connectivity index (χ0n) is 19.3. The second-order valence-electron chi connectivity index (χ2n) is 8.54. The Morgan fingerprint density at radius 2 is 1.61 bits per heavy atom. The molecule has 1 aromatic heterocycles. The molecule has 38 heavy (non-hydrogen) atoms. The van der Waals surface area contributed by atoms with E-state index in [1.165, 1.54) is 24.3 Å². The fraction of sp³-hybridized carbons (Fsp3) is 0.250. The number of carboxylic acid groups (broad SMARTS) is 3. The fourth-order valence-electron chi connectivity index (χ4n) is 4.13. The molecule has 1 amide bonds. The first-order valence-corrected chi connectivity index (χ1v) is 11.1. The molecule has 0 bridgehead atoms. The first-order chi connectivity index (χ1) is 17.8. The average molecular weight is 532 g/mol. The quantitative estimate of drug-likeness (QED) is 0.369. The van der Waals surface area contributed by atoms with Crippen LogP contribution in [0.1, 0.15) is 39.3 Å². The van der Waals surface area contributed by atoms with Gasteiger partial charge in [0, 0.05) is 17.8 Å². The van der Waals surface area contributed by atoms with E-state index in [1.54, 1.807) is 0 Å². The van der Waals surface area contributed by atoms with Gasteiger partial charge in [0.15, 0.2) is 11.5 Å². The minimum absolute atomic E-state index is 0.0155. The van der Waals surface area contributed by atoms with E-state index >= 15 is 0 Å². The number of nitrogens with zero attached hydrogens (tertiary/aromatic N) is 3. The molecule has 0 spiro atoms. The maximum absolute atomic E-state index is 13.0. The number of aromatic nitrogens is 2. The first kappa shape index (κ1) is 26.3. The number of anilines is 2. The number of benzene rings is 2. The number of carbonyl (C=O) groups excluding carboxylic acids is 1. The van der Waals surface area contributed by atoms with Crippen molar-refractivity contribution < 1.29 is 47.7 Å². The van der Waals surface area contributed by atoms with Crippen LogP contribution in [0.3, 0.4) is 0 Å². The number of alkyl halides is 3. The second kappa shape index (κ2) is 9.95. The van der Waals surface area contributed by atoms with Crippen LogP contribution in [0.15, 0.2) is 42.5 Å². The van der Waals surface area contributed by atoms with Crippen LogP contribution >= 0.6 is 0 Å². The Hall–Kier alpha value is -4.75. The van der Waals surface area contributed by atoms with Gasteiger partial charge in [0.05, 0.1) is 22.5 Å². The SMILES string of the molecule is O=C(O)c1nc2cc(C(F)(F)F)ccc2nc1Nc1ccc(C(=O)N2CCC(C(=O)O)CC2C(=O)O)cc1. The molecular formula is C24H19F3N4O7. The second-order valence-corrected chi connectivity index (χ2v) is 8.54. The molecule has 11 nitrogen and oxygen atoms in total. The molecule has 14 heteroatoms. The number of hydrogen-bond acceptors (Lipinski definition) is 7. The van der Waals surface area contributed by atoms with Crippen LogP contribution in [0.4, 0.5) is 24.7 Å². The Morgan fingerprint density at radius 3 is 2.18 bits per heavy atom. The lowest BCUT2D eigenvalue weighted by atomic mass is 9.90. The van der Waals surface area contributed by atoms with Crippen molar-refractivity contribution in [1.29, 1.82) is 0 Å². The Kier molecular flexibility index (Phi) is 6.89. The molecule has 2 atom stereocenters. The molecule has 1 aliphatic heterocycles. The number of hydrogen-bond donors (Lipinski definition) is 4. The smallest absolute Gasteiger partial charge is 0.416 e. The number of carbonyl (C=O) groups is 4. The Balaban J connectivity index is 1.57. The average Bonchev–Trinajstić information content (AvgIpc) is 2.87. The highest BCUT2D eigenvalue weighted by molar-refractivity contribution is 5.98. The minimum Gasteiger partial charge on any atom is -0.481 e. The van der Waals surface area contributed by atoms with Gasteiger partial charge in [-0.15, -0.1) is 0 Å². The standard InChI is InChI=1S/C24H19F3N4O7/c25-24(26,27)13-3-6-15-16(10-13)29-18(23(37)38)19(30-15)28-14-4-1-11(2-5-14)20(32)31-8-7-12(21(33)34)9-17(31)22(35)36/h1-6,10,12,17H,7-9H2,(H,28,30)(H,33,34)(H,35,36)(H,37,38). The molecular weight excluding hydrogens is 513 g/mol. The van der Waals surface area contributed by atoms with E-state index in [-0.39, 0.29) is 47.5 Å². The molecule has 4 N–H and O–H groups in total. The number of amides is 1. The van der Waals surface area contributed by atoms with Crippen molar-refractivity contribution >= 4 is 46.4 Å². The van der Waals surface area contributed by atoms with Gasteiger partial charge in [0.1, 0.15) is 6.04 Å². The van der Waals surface area contributed by atoms with Crippen molar-refractivity contribution in [2.24, 2.45) is 5.92 Å². The number of aromatic carboxylic acids is 1. The van der Waals surface area contributed by atoms with Crippen LogP contribution in [0.2, 0.25) is 0 Å². The summed E-state index contributed by atoms with van der Waals surface area (Å²) in [6, 6.07) is 6.77. The van der Waals surface area contributed by atoms with Crippen LogP contribution in [0.5, 0.6) is 0 Å². The number of halogens is 3. The van der Waals surface area contributed by atoms with Crippen LogP contribution in [0.25, 0.3) is 11.0 Å². The van der Waals surface area contributed by atoms with Crippen molar-refractivity contribution in [3.8, 4) is 0 Å². The third-order valence-corrected chi connectivity index (χ3v) is 6.09. The van der Waals surface area contributed by atoms with E-state index in [0.717, 1.165) is 17.0 Å². The van der Waals surface area contributed by atoms with E-state index in [2.05, 4.69) is 15.3 Å². The molecule has 0 radical (unpaired) electrons. The van der Waals surface area contributed by atoms with E-state index in [9.17, 15) is 47.7 Å². The zero-order chi connectivity index (χ0) is 27.8. The summed E-state index contributed by atoms with van der Waals surface area (Å²) in [7, 11) is 0. The largest absolute Gasteiger partial charge is 0.481 e. The summed E-state index contributed by atoms with van der Waals surface area (Å²) in [5.41, 5.74) is -1.50. The van der Waals surface area contributed by atoms with Crippen LogP contribution < -0.4 is 5.32 Å². The van der Waals surface area contributed by atoms with E-state index < -0.39 is 53.2 Å². The normalized spacial score (nSPS) is 17.7. The molecule has 1 saturated heterocycles. The van der Waals surface area contributed by atoms with Gasteiger partial charge >= 0.3 is 24.1 Å². The van der Waals surface area contributed by atoms with Crippen LogP contribution in [-0.4, -0.2) is 66.6 Å². The van der Waals surface area contributed by atoms with Crippen molar-refractivity contribution in [2.75, 3.05) is 11.9 Å². The Labute approximate surface area is 211 Å². The Bertz CT molecular complexity index is 1440. The predicted octanol–water partition coefficient (Wildman–Crippen LogP) is 3.48. The van der Waals surface area contributed by atoms with Gasteiger partial charge in [-0.2, -0.15) is 13.2 Å². The summed E-state index contributed by atoms with van der Waals surface area (Å²) in [6.45, 7) is -0.0581. The van der Waals surface area contributed by atoms with Gasteiger partial charge < -0.3 is 25.5 Å². The molecule has 2 aromatic carbocycles. The molecule has 3 aromatic rings. The Morgan fingerprint density at radius 1 is 0.921 bits per heavy atom. The lowest BCUT2D eigenvalue weighted by Crippen LogP contribution is -2.51. The van der Waals surface area contributed by atoms with Crippen molar-refractivity contribution in [1.82, 2.24) is 14.9 Å². The maximum Gasteiger partial charge on any atom is 0.416 e. The maximum atomic E-state index is 13.0. The number of rotatable bonds is 6. The number of likely N-dealkylation sites (tertiary alicyclic amines) is 1. The summed E-state index contributed by atoms with van der Waals surface area (Å²) in [4.78, 5) is 56.6. The first-order valence-electron chi connectivity index (χ1n) is 11.1. The van der Waals surface area contributed by atoms with Crippen molar-refractivity contribution in [3.05, 3.63) is 59.3 Å². The fourth-order valence-corrected chi connectivity index (χ4v) is 4.13. The third-order valence-electron chi connectivity index (χ3n) is 6.09. The summed E-state index contributed by atoms with van der Waals surface area (Å²) in [5, 5.41) is 30.9. The van der Waals surface area contributed by atoms with Crippen molar-refractivity contribution in [2.45, 2.75) is 25.1 Å². The molecule has 2 heterocycles. The molecule has 0 aliphatic carbocycles. The molecule has 0 saturated carbocycles. The molecule has 4 rings (SSSR count). The summed E-state index contributed by atoms with van der Waals surface area (Å²) < 4.78 is 39.0. The van der Waals surface area contributed by atoms with Gasteiger partial charge in [0.25, 0.3) is 5.91 Å². The summed E-state index contributed by atoms with van der Waals surface area (Å²) in [5.74, 6) is -5.72. The van der Waals surface area contributed by atoms with Gasteiger partial charge in [-0.25, -0.2) is 19.6 Å². The minimum atomic E-state index is -4.65. The number of fused-ring (bicyclic) bond motifs is 1. The predicted molar refractivity (Wildman–Crippen MR) is 124 cm³/mol. The number of piperidine rings is 1. The lowest BCUT2D eigenvalue weighted by molar-refractivity contribution is -0.149. The number of aliphatic carboxylic acids is 2. The lowest BCUT2D eigenvalue weighted by Gasteiger charge is -2.35. The van der Waals surface area contributed by atoms with E-state index in [0.29, 0.717) is 6.07 Å². The third kappa shape index (κ3) is 5.33. The molecule has 1 aliphatic rings.